The Balaban J connectivity index is 1.92. The van der Waals surface area contributed by atoms with Gasteiger partial charge in [-0.3, -0.25) is 0 Å². The lowest BCUT2D eigenvalue weighted by Crippen LogP contribution is -2.36. The first-order chi connectivity index (χ1) is 9.78. The van der Waals surface area contributed by atoms with Gasteiger partial charge in [0.05, 0.1) is 13.1 Å². The van der Waals surface area contributed by atoms with Crippen molar-refractivity contribution in [3.05, 3.63) is 52.2 Å². The number of benzene rings is 1. The number of hydrogen-bond donors (Lipinski definition) is 3. The topological polar surface area (TPSA) is 56.7 Å². The molecule has 0 atom stereocenters. The SMILES string of the molecule is CCNC(=NCc1ccc(O)cc1)NCc1cccs1. The molecule has 0 radical (unpaired) electrons. The zero-order chi connectivity index (χ0) is 14.2. The average molecular weight is 289 g/mol. The van der Waals surface area contributed by atoms with Gasteiger partial charge in [-0.2, -0.15) is 0 Å². The second-order valence-corrected chi connectivity index (χ2v) is 5.33. The third kappa shape index (κ3) is 4.59. The van der Waals surface area contributed by atoms with Crippen LogP contribution in [0.4, 0.5) is 0 Å². The highest BCUT2D eigenvalue weighted by molar-refractivity contribution is 7.09. The van der Waals surface area contributed by atoms with Crippen LogP contribution >= 0.6 is 11.3 Å². The van der Waals surface area contributed by atoms with Gasteiger partial charge in [0, 0.05) is 11.4 Å². The molecule has 0 aliphatic carbocycles. The fourth-order valence-electron chi connectivity index (χ4n) is 1.70. The molecule has 1 aromatic heterocycles. The number of nitrogens with one attached hydrogen (secondary N) is 2. The van der Waals surface area contributed by atoms with E-state index in [-0.39, 0.29) is 5.75 Å². The van der Waals surface area contributed by atoms with Crippen LogP contribution in [0, 0.1) is 0 Å². The molecular formula is C15H19N3OS. The molecule has 1 heterocycles. The minimum absolute atomic E-state index is 0.278. The van der Waals surface area contributed by atoms with Gasteiger partial charge >= 0.3 is 0 Å². The van der Waals surface area contributed by atoms with E-state index in [1.54, 1.807) is 23.5 Å². The summed E-state index contributed by atoms with van der Waals surface area (Å²) in [5.74, 6) is 1.08. The number of thiophene rings is 1. The van der Waals surface area contributed by atoms with E-state index in [2.05, 4.69) is 27.1 Å². The van der Waals surface area contributed by atoms with E-state index in [0.29, 0.717) is 6.54 Å². The van der Waals surface area contributed by atoms with Gasteiger partial charge in [-0.25, -0.2) is 4.99 Å². The first kappa shape index (κ1) is 14.4. The molecule has 5 heteroatoms. The van der Waals surface area contributed by atoms with Gasteiger partial charge in [0.25, 0.3) is 0 Å². The quantitative estimate of drug-likeness (QED) is 0.586. The maximum absolute atomic E-state index is 9.25. The molecule has 0 amide bonds. The standard InChI is InChI=1S/C15H19N3OS/c1-2-16-15(18-11-14-4-3-9-20-14)17-10-12-5-7-13(19)8-6-12/h3-9,19H,2,10-11H2,1H3,(H2,16,17,18). The van der Waals surface area contributed by atoms with E-state index in [0.717, 1.165) is 24.6 Å². The largest absolute Gasteiger partial charge is 0.508 e. The molecule has 2 rings (SSSR count). The van der Waals surface area contributed by atoms with Gasteiger partial charge in [0.15, 0.2) is 5.96 Å². The molecule has 0 saturated carbocycles. The summed E-state index contributed by atoms with van der Waals surface area (Å²) in [6.45, 7) is 4.23. The molecule has 0 spiro atoms. The van der Waals surface area contributed by atoms with Crippen LogP contribution in [0.15, 0.2) is 46.8 Å². The summed E-state index contributed by atoms with van der Waals surface area (Å²) in [5.41, 5.74) is 1.07. The van der Waals surface area contributed by atoms with Crippen LogP contribution in [0.1, 0.15) is 17.4 Å². The number of aliphatic imine (C=N–C) groups is 1. The summed E-state index contributed by atoms with van der Waals surface area (Å²) in [6.07, 6.45) is 0. The number of nitrogens with zero attached hydrogens (tertiary/aromatic N) is 1. The van der Waals surface area contributed by atoms with Crippen molar-refractivity contribution in [3.8, 4) is 5.75 Å². The Hall–Kier alpha value is -2.01. The normalized spacial score (nSPS) is 11.3. The molecule has 20 heavy (non-hydrogen) atoms. The van der Waals surface area contributed by atoms with Crippen LogP contribution in [-0.2, 0) is 13.1 Å². The number of phenols is 1. The maximum atomic E-state index is 9.25. The number of rotatable bonds is 5. The van der Waals surface area contributed by atoms with Crippen LogP contribution in [0.2, 0.25) is 0 Å². The lowest BCUT2D eigenvalue weighted by Gasteiger charge is -2.10. The Labute approximate surface area is 123 Å². The van der Waals surface area contributed by atoms with Gasteiger partial charge in [-0.05, 0) is 36.1 Å². The number of guanidine groups is 1. The fraction of sp³-hybridized carbons (Fsp3) is 0.267. The van der Waals surface area contributed by atoms with Crippen molar-refractivity contribution in [3.63, 3.8) is 0 Å². The molecule has 3 N–H and O–H groups in total. The second-order valence-electron chi connectivity index (χ2n) is 4.29. The summed E-state index contributed by atoms with van der Waals surface area (Å²) in [4.78, 5) is 5.81. The van der Waals surface area contributed by atoms with E-state index in [4.69, 9.17) is 0 Å². The van der Waals surface area contributed by atoms with Gasteiger partial charge in [-0.15, -0.1) is 11.3 Å². The average Bonchev–Trinajstić information content (AvgIpc) is 2.97. The number of aromatic hydroxyl groups is 1. The molecule has 2 aromatic rings. The van der Waals surface area contributed by atoms with Crippen LogP contribution < -0.4 is 10.6 Å². The first-order valence-corrected chi connectivity index (χ1v) is 7.48. The van der Waals surface area contributed by atoms with Crippen molar-refractivity contribution < 1.29 is 5.11 Å². The third-order valence-electron chi connectivity index (χ3n) is 2.71. The van der Waals surface area contributed by atoms with Crippen LogP contribution in [0.3, 0.4) is 0 Å². The first-order valence-electron chi connectivity index (χ1n) is 6.60. The lowest BCUT2D eigenvalue weighted by atomic mass is 10.2. The zero-order valence-electron chi connectivity index (χ0n) is 11.5. The van der Waals surface area contributed by atoms with E-state index < -0.39 is 0 Å². The summed E-state index contributed by atoms with van der Waals surface area (Å²) in [6, 6.07) is 11.3. The van der Waals surface area contributed by atoms with Crippen molar-refractivity contribution >= 4 is 17.3 Å². The molecule has 1 aromatic carbocycles. The van der Waals surface area contributed by atoms with E-state index in [9.17, 15) is 5.11 Å². The Kier molecular flexibility index (Phi) is 5.43. The van der Waals surface area contributed by atoms with Gasteiger partial charge in [0.2, 0.25) is 0 Å². The van der Waals surface area contributed by atoms with Crippen LogP contribution in [0.25, 0.3) is 0 Å². The molecule has 0 aliphatic rings. The summed E-state index contributed by atoms with van der Waals surface area (Å²) in [7, 11) is 0. The van der Waals surface area contributed by atoms with Crippen molar-refractivity contribution in [2.24, 2.45) is 4.99 Å². The summed E-state index contributed by atoms with van der Waals surface area (Å²) < 4.78 is 0. The highest BCUT2D eigenvalue weighted by atomic mass is 32.1. The molecule has 0 saturated heterocycles. The van der Waals surface area contributed by atoms with Gasteiger partial charge in [0.1, 0.15) is 5.75 Å². The van der Waals surface area contributed by atoms with Gasteiger partial charge < -0.3 is 15.7 Å². The Morgan fingerprint density at radius 3 is 2.65 bits per heavy atom. The predicted molar refractivity (Wildman–Crippen MR) is 84.1 cm³/mol. The molecule has 0 bridgehead atoms. The van der Waals surface area contributed by atoms with E-state index in [1.807, 2.05) is 25.1 Å². The van der Waals surface area contributed by atoms with Crippen molar-refractivity contribution in [1.82, 2.24) is 10.6 Å². The fourth-order valence-corrected chi connectivity index (χ4v) is 2.34. The third-order valence-corrected chi connectivity index (χ3v) is 3.59. The maximum Gasteiger partial charge on any atom is 0.191 e. The van der Waals surface area contributed by atoms with E-state index in [1.165, 1.54) is 4.88 Å². The van der Waals surface area contributed by atoms with Crippen LogP contribution in [-0.4, -0.2) is 17.6 Å². The minimum Gasteiger partial charge on any atom is -0.508 e. The predicted octanol–water partition coefficient (Wildman–Crippen LogP) is 2.71. The highest BCUT2D eigenvalue weighted by Gasteiger charge is 1.99. The molecule has 0 unspecified atom stereocenters. The van der Waals surface area contributed by atoms with Crippen molar-refractivity contribution in [2.75, 3.05) is 6.54 Å². The number of hydrogen-bond acceptors (Lipinski definition) is 3. The Morgan fingerprint density at radius 2 is 2.00 bits per heavy atom. The van der Waals surface area contributed by atoms with Gasteiger partial charge in [-0.1, -0.05) is 18.2 Å². The number of phenolic OH excluding ortho intramolecular Hbond substituents is 1. The molecule has 4 nitrogen and oxygen atoms in total. The Morgan fingerprint density at radius 1 is 1.20 bits per heavy atom. The van der Waals surface area contributed by atoms with Crippen LogP contribution in [0.5, 0.6) is 5.75 Å². The molecular weight excluding hydrogens is 270 g/mol. The summed E-state index contributed by atoms with van der Waals surface area (Å²) in [5, 5.41) is 17.8. The smallest absolute Gasteiger partial charge is 0.191 e. The minimum atomic E-state index is 0.278. The summed E-state index contributed by atoms with van der Waals surface area (Å²) >= 11 is 1.73. The molecule has 0 aliphatic heterocycles. The monoisotopic (exact) mass is 289 g/mol. The Bertz CT molecular complexity index is 535. The molecule has 106 valence electrons. The van der Waals surface area contributed by atoms with E-state index >= 15 is 0 Å². The molecule has 0 fully saturated rings. The highest BCUT2D eigenvalue weighted by Crippen LogP contribution is 2.10. The zero-order valence-corrected chi connectivity index (χ0v) is 12.3. The van der Waals surface area contributed by atoms with Crippen molar-refractivity contribution in [2.45, 2.75) is 20.0 Å². The van der Waals surface area contributed by atoms with Crippen molar-refractivity contribution in [1.29, 1.82) is 0 Å². The second kappa shape index (κ2) is 7.55. The lowest BCUT2D eigenvalue weighted by molar-refractivity contribution is 0.475.